The fourth-order valence-electron chi connectivity index (χ4n) is 1.35. The smallest absolute Gasteiger partial charge is 0.381 e. The molecule has 6 nitrogen and oxygen atoms in total. The lowest BCUT2D eigenvalue weighted by atomic mass is 10.5. The Morgan fingerprint density at radius 2 is 0.867 bits per heavy atom. The molecule has 4 aliphatic heterocycles. The summed E-state index contributed by atoms with van der Waals surface area (Å²) < 4.78 is 63.0. The third kappa shape index (κ3) is 11.1. The molecule has 0 aromatic carbocycles. The number of ether oxygens (including phenoxy) is 4. The number of carbonyl (C=O) groups is 2. The Hall–Kier alpha value is -2.26. The molecule has 4 rings (SSSR count). The van der Waals surface area contributed by atoms with Gasteiger partial charge in [0.05, 0.1) is 0 Å². The molecule has 4 aliphatic rings. The van der Waals surface area contributed by atoms with Crippen molar-refractivity contribution in [2.75, 3.05) is 0 Å². The van der Waals surface area contributed by atoms with Gasteiger partial charge >= 0.3 is 24.2 Å². The Bertz CT molecular complexity index is 743. The number of hydrogen-bond donors (Lipinski definition) is 0. The van der Waals surface area contributed by atoms with Crippen molar-refractivity contribution in [3.63, 3.8) is 0 Å². The number of hydrogen-bond acceptors (Lipinski definition) is 10. The average molecular weight is 500 g/mol. The Balaban J connectivity index is 0.000000201. The number of cyclic esters (lactones) is 2. The molecule has 4 heterocycles. The van der Waals surface area contributed by atoms with Gasteiger partial charge in [0.15, 0.2) is 20.2 Å². The predicted octanol–water partition coefficient (Wildman–Crippen LogP) is 3.84. The largest absolute Gasteiger partial charge is 0.434 e. The first-order valence-electron chi connectivity index (χ1n) is 7.26. The minimum absolute atomic E-state index is 0.0208. The summed E-state index contributed by atoms with van der Waals surface area (Å²) in [5, 5.41) is 1.85. The molecule has 0 bridgehead atoms. The molecular weight excluding hydrogens is 492 g/mol. The molecule has 0 aliphatic carbocycles. The van der Waals surface area contributed by atoms with E-state index in [9.17, 15) is 27.2 Å². The number of carbonyl (C=O) groups excluding carboxylic acids is 2. The van der Waals surface area contributed by atoms with Crippen molar-refractivity contribution in [3.8, 4) is 0 Å². The highest BCUT2D eigenvalue weighted by molar-refractivity contribution is 7.82. The van der Waals surface area contributed by atoms with Crippen LogP contribution in [-0.2, 0) is 28.5 Å². The first kappa shape index (κ1) is 25.8. The van der Waals surface area contributed by atoms with Gasteiger partial charge in [-0.1, -0.05) is 0 Å². The van der Waals surface area contributed by atoms with Crippen molar-refractivity contribution in [2.45, 2.75) is 12.2 Å². The van der Waals surface area contributed by atoms with Crippen LogP contribution < -0.4 is 0 Å². The van der Waals surface area contributed by atoms with Crippen LogP contribution in [0.2, 0.25) is 0 Å². The van der Waals surface area contributed by atoms with Crippen LogP contribution in [0.5, 0.6) is 0 Å². The van der Waals surface area contributed by atoms with Crippen molar-refractivity contribution in [3.05, 3.63) is 48.6 Å². The molecule has 0 aromatic heterocycles. The molecule has 0 aromatic rings. The fourth-order valence-corrected chi connectivity index (χ4v) is 2.09. The second-order valence-electron chi connectivity index (χ2n) is 4.78. The van der Waals surface area contributed by atoms with E-state index >= 15 is 0 Å². The molecule has 0 amide bonds. The summed E-state index contributed by atoms with van der Waals surface area (Å²) in [5.74, 6) is -1.16. The van der Waals surface area contributed by atoms with Gasteiger partial charge in [-0.3, -0.25) is 0 Å². The van der Waals surface area contributed by atoms with Gasteiger partial charge in [0.25, 0.3) is 0 Å². The molecule has 0 unspecified atom stereocenters. The fraction of sp³-hybridized carbons (Fsp3) is 0.125. The molecule has 0 saturated heterocycles. The maximum absolute atomic E-state index is 11.7. The van der Waals surface area contributed by atoms with E-state index in [0.717, 1.165) is 12.2 Å². The summed E-state index contributed by atoms with van der Waals surface area (Å²) in [6, 6.07) is 0. The van der Waals surface area contributed by atoms with Gasteiger partial charge in [-0.05, 0) is 73.2 Å². The number of halogens is 4. The van der Waals surface area contributed by atoms with Crippen LogP contribution in [0.3, 0.4) is 0 Å². The van der Waals surface area contributed by atoms with E-state index in [-0.39, 0.29) is 12.2 Å². The lowest BCUT2D eigenvalue weighted by molar-refractivity contribution is -0.316. The zero-order valence-electron chi connectivity index (χ0n) is 14.2. The Morgan fingerprint density at radius 1 is 0.567 bits per heavy atom. The van der Waals surface area contributed by atoms with Crippen LogP contribution in [0.4, 0.5) is 17.6 Å². The second-order valence-corrected chi connectivity index (χ2v) is 6.39. The van der Waals surface area contributed by atoms with E-state index < -0.39 is 24.2 Å². The molecule has 14 heteroatoms. The molecule has 0 saturated carbocycles. The van der Waals surface area contributed by atoms with Crippen LogP contribution >= 0.6 is 48.9 Å². The van der Waals surface area contributed by atoms with E-state index in [1.54, 1.807) is 24.3 Å². The van der Waals surface area contributed by atoms with Gasteiger partial charge in [-0.25, -0.2) is 14.3 Å². The van der Waals surface area contributed by atoms with Crippen molar-refractivity contribution in [1.29, 1.82) is 0 Å². The van der Waals surface area contributed by atoms with Crippen molar-refractivity contribution < 1.29 is 46.1 Å². The topological polar surface area (TPSA) is 71.1 Å². The van der Waals surface area contributed by atoms with Gasteiger partial charge in [-0.2, -0.15) is 17.6 Å². The molecule has 30 heavy (non-hydrogen) atoms. The van der Waals surface area contributed by atoms with E-state index in [0.29, 0.717) is 20.2 Å². The van der Waals surface area contributed by atoms with Gasteiger partial charge < -0.3 is 14.2 Å². The molecule has 0 fully saturated rings. The Kier molecular flexibility index (Phi) is 9.64. The van der Waals surface area contributed by atoms with Crippen molar-refractivity contribution in [2.24, 2.45) is 0 Å². The van der Waals surface area contributed by atoms with E-state index in [4.69, 9.17) is 9.47 Å². The maximum Gasteiger partial charge on any atom is 0.381 e. The van der Waals surface area contributed by atoms with Gasteiger partial charge in [0.1, 0.15) is 0 Å². The molecule has 0 atom stereocenters. The van der Waals surface area contributed by atoms with Crippen LogP contribution in [0.15, 0.2) is 48.6 Å². The molecular formula is C16H8F4O6S4. The molecule has 0 radical (unpaired) electrons. The summed E-state index contributed by atoms with van der Waals surface area (Å²) in [4.78, 5) is 19.8. The standard InChI is InChI=1S/C4H2F4O.C4H2O3.2C4H2OS2/c5-3(6)1-2-4(7,8)9-3;5-3-1-2-4(6)7-3;2*6-3-1-2-4(7)5-3/h1-2H;3*1-2H. The lowest BCUT2D eigenvalue weighted by Gasteiger charge is -2.09. The first-order chi connectivity index (χ1) is 13.8. The van der Waals surface area contributed by atoms with Gasteiger partial charge in [0, 0.05) is 24.3 Å². The van der Waals surface area contributed by atoms with Gasteiger partial charge in [0.2, 0.25) is 0 Å². The zero-order chi connectivity index (χ0) is 22.9. The predicted molar refractivity (Wildman–Crippen MR) is 111 cm³/mol. The van der Waals surface area contributed by atoms with Crippen LogP contribution in [-0.4, -0.2) is 44.4 Å². The number of esters is 2. The zero-order valence-corrected chi connectivity index (χ0v) is 17.5. The highest BCUT2D eigenvalue weighted by atomic mass is 32.1. The first-order valence-corrected chi connectivity index (χ1v) is 8.89. The van der Waals surface area contributed by atoms with Crippen molar-refractivity contribution in [1.82, 2.24) is 0 Å². The number of thiocarbonyl (C=S) groups is 4. The number of alkyl halides is 4. The minimum atomic E-state index is -3.80. The molecule has 0 N–H and O–H groups in total. The van der Waals surface area contributed by atoms with E-state index in [2.05, 4.69) is 58.3 Å². The van der Waals surface area contributed by atoms with Crippen LogP contribution in [0.1, 0.15) is 0 Å². The monoisotopic (exact) mass is 500 g/mol. The summed E-state index contributed by atoms with van der Waals surface area (Å²) in [5.41, 5.74) is 0. The highest BCUT2D eigenvalue weighted by Crippen LogP contribution is 2.35. The second kappa shape index (κ2) is 11.2. The summed E-state index contributed by atoms with van der Waals surface area (Å²) in [7, 11) is 0. The lowest BCUT2D eigenvalue weighted by Crippen LogP contribution is -2.22. The third-order valence-corrected chi connectivity index (χ3v) is 3.29. The summed E-state index contributed by atoms with van der Waals surface area (Å²) in [6.07, 6.45) is 1.27. The normalized spacial score (nSPS) is 21.1. The average Bonchev–Trinajstić information content (AvgIpc) is 3.34. The molecule has 160 valence electrons. The molecule has 0 spiro atoms. The van der Waals surface area contributed by atoms with E-state index in [1.165, 1.54) is 0 Å². The van der Waals surface area contributed by atoms with Crippen molar-refractivity contribution >= 4 is 81.0 Å². The summed E-state index contributed by atoms with van der Waals surface area (Å²) in [6.45, 7) is 0. The quantitative estimate of drug-likeness (QED) is 0.161. The third-order valence-electron chi connectivity index (χ3n) is 2.41. The van der Waals surface area contributed by atoms with Crippen LogP contribution in [0.25, 0.3) is 0 Å². The van der Waals surface area contributed by atoms with Crippen LogP contribution in [0, 0.1) is 0 Å². The van der Waals surface area contributed by atoms with Gasteiger partial charge in [-0.15, -0.1) is 0 Å². The maximum atomic E-state index is 11.7. The minimum Gasteiger partial charge on any atom is -0.434 e. The summed E-state index contributed by atoms with van der Waals surface area (Å²) >= 11 is 18.4. The SMILES string of the molecule is FC1(F)C=CC(F)(F)O1.O=C1C=CC(=O)O1.S=C1C=CC(=S)O1.S=C1C=CC(=S)O1. The van der Waals surface area contributed by atoms with E-state index in [1.807, 2.05) is 0 Å². The Morgan fingerprint density at radius 3 is 0.967 bits per heavy atom. The highest BCUT2D eigenvalue weighted by Gasteiger charge is 2.46. The number of rotatable bonds is 0. The Labute approximate surface area is 187 Å².